The molecule has 0 aliphatic carbocycles. The maximum absolute atomic E-state index is 11.7. The standard InChI is InChI=1S/C15H24N2O2/c1-5-9-17-15(18)12(3)19-14-8-6-7-13(10-14)11(2)16-4/h6-8,10-12,16H,5,9H2,1-4H3,(H,17,18). The number of hydrogen-bond donors (Lipinski definition) is 2. The number of amides is 1. The maximum Gasteiger partial charge on any atom is 0.260 e. The van der Waals surface area contributed by atoms with Crippen LogP contribution in [0.1, 0.15) is 38.8 Å². The number of hydrogen-bond acceptors (Lipinski definition) is 3. The normalized spacial score (nSPS) is 13.7. The Hall–Kier alpha value is -1.55. The van der Waals surface area contributed by atoms with E-state index in [0.717, 1.165) is 17.7 Å². The van der Waals surface area contributed by atoms with E-state index in [4.69, 9.17) is 4.74 Å². The second-order valence-electron chi connectivity index (χ2n) is 4.63. The first-order valence-corrected chi connectivity index (χ1v) is 6.80. The molecule has 4 heteroatoms. The number of carbonyl (C=O) groups is 1. The van der Waals surface area contributed by atoms with Crippen molar-refractivity contribution in [3.8, 4) is 5.75 Å². The fourth-order valence-electron chi connectivity index (χ4n) is 1.67. The molecule has 2 unspecified atom stereocenters. The summed E-state index contributed by atoms with van der Waals surface area (Å²) < 4.78 is 5.67. The van der Waals surface area contributed by atoms with E-state index in [0.29, 0.717) is 6.54 Å². The predicted octanol–water partition coefficient (Wildman–Crippen LogP) is 2.26. The van der Waals surface area contributed by atoms with E-state index >= 15 is 0 Å². The van der Waals surface area contributed by atoms with Crippen LogP contribution >= 0.6 is 0 Å². The van der Waals surface area contributed by atoms with Gasteiger partial charge >= 0.3 is 0 Å². The van der Waals surface area contributed by atoms with Crippen molar-refractivity contribution >= 4 is 5.91 Å². The summed E-state index contributed by atoms with van der Waals surface area (Å²) in [6.07, 6.45) is 0.444. The van der Waals surface area contributed by atoms with Gasteiger partial charge in [-0.25, -0.2) is 0 Å². The number of rotatable bonds is 7. The van der Waals surface area contributed by atoms with Crippen LogP contribution in [-0.2, 0) is 4.79 Å². The molecular formula is C15H24N2O2. The van der Waals surface area contributed by atoms with Crippen LogP contribution < -0.4 is 15.4 Å². The fourth-order valence-corrected chi connectivity index (χ4v) is 1.67. The minimum Gasteiger partial charge on any atom is -0.481 e. The van der Waals surface area contributed by atoms with Crippen molar-refractivity contribution in [3.63, 3.8) is 0 Å². The number of benzene rings is 1. The third-order valence-corrected chi connectivity index (χ3v) is 3.02. The van der Waals surface area contributed by atoms with Crippen molar-refractivity contribution in [2.45, 2.75) is 39.3 Å². The maximum atomic E-state index is 11.7. The van der Waals surface area contributed by atoms with Crippen LogP contribution in [0.15, 0.2) is 24.3 Å². The molecule has 4 nitrogen and oxygen atoms in total. The van der Waals surface area contributed by atoms with E-state index in [-0.39, 0.29) is 11.9 Å². The smallest absolute Gasteiger partial charge is 0.260 e. The Labute approximate surface area is 115 Å². The first kappa shape index (κ1) is 15.5. The molecule has 0 spiro atoms. The Morgan fingerprint density at radius 1 is 1.37 bits per heavy atom. The molecule has 0 aromatic heterocycles. The molecule has 0 fully saturated rings. The van der Waals surface area contributed by atoms with Gasteiger partial charge in [0.05, 0.1) is 0 Å². The molecule has 19 heavy (non-hydrogen) atoms. The highest BCUT2D eigenvalue weighted by Gasteiger charge is 2.14. The average molecular weight is 264 g/mol. The van der Waals surface area contributed by atoms with E-state index in [1.54, 1.807) is 6.92 Å². The lowest BCUT2D eigenvalue weighted by Crippen LogP contribution is -2.36. The summed E-state index contributed by atoms with van der Waals surface area (Å²) >= 11 is 0. The SMILES string of the molecule is CCCNC(=O)C(C)Oc1cccc(C(C)NC)c1. The molecule has 106 valence electrons. The number of nitrogens with one attached hydrogen (secondary N) is 2. The Morgan fingerprint density at radius 2 is 2.11 bits per heavy atom. The topological polar surface area (TPSA) is 50.4 Å². The van der Waals surface area contributed by atoms with Crippen LogP contribution in [-0.4, -0.2) is 25.6 Å². The molecular weight excluding hydrogens is 240 g/mol. The van der Waals surface area contributed by atoms with Gasteiger partial charge in [0.15, 0.2) is 6.10 Å². The van der Waals surface area contributed by atoms with Crippen LogP contribution in [0, 0.1) is 0 Å². The van der Waals surface area contributed by atoms with E-state index < -0.39 is 6.10 Å². The van der Waals surface area contributed by atoms with Gasteiger partial charge in [0.1, 0.15) is 5.75 Å². The van der Waals surface area contributed by atoms with E-state index in [1.807, 2.05) is 38.2 Å². The van der Waals surface area contributed by atoms with Gasteiger partial charge in [-0.05, 0) is 45.0 Å². The monoisotopic (exact) mass is 264 g/mol. The van der Waals surface area contributed by atoms with Gasteiger partial charge in [-0.2, -0.15) is 0 Å². The molecule has 0 radical (unpaired) electrons. The van der Waals surface area contributed by atoms with Gasteiger partial charge in [0, 0.05) is 12.6 Å². The highest BCUT2D eigenvalue weighted by molar-refractivity contribution is 5.80. The third kappa shape index (κ3) is 4.91. The molecule has 0 aliphatic rings. The largest absolute Gasteiger partial charge is 0.481 e. The Bertz CT molecular complexity index is 407. The molecule has 0 bridgehead atoms. The van der Waals surface area contributed by atoms with Crippen LogP contribution in [0.25, 0.3) is 0 Å². The van der Waals surface area contributed by atoms with Gasteiger partial charge in [-0.15, -0.1) is 0 Å². The van der Waals surface area contributed by atoms with E-state index in [2.05, 4.69) is 17.6 Å². The molecule has 0 heterocycles. The lowest BCUT2D eigenvalue weighted by atomic mass is 10.1. The summed E-state index contributed by atoms with van der Waals surface area (Å²) in [5.41, 5.74) is 1.14. The average Bonchev–Trinajstić information content (AvgIpc) is 2.44. The van der Waals surface area contributed by atoms with Crippen molar-refractivity contribution in [2.75, 3.05) is 13.6 Å². The van der Waals surface area contributed by atoms with E-state index in [1.165, 1.54) is 0 Å². The van der Waals surface area contributed by atoms with Gasteiger partial charge in [-0.3, -0.25) is 4.79 Å². The Morgan fingerprint density at radius 3 is 2.74 bits per heavy atom. The van der Waals surface area contributed by atoms with Crippen molar-refractivity contribution in [1.29, 1.82) is 0 Å². The van der Waals surface area contributed by atoms with Crippen LogP contribution in [0.5, 0.6) is 5.75 Å². The molecule has 0 saturated heterocycles. The molecule has 1 aromatic carbocycles. The summed E-state index contributed by atoms with van der Waals surface area (Å²) in [6.45, 7) is 6.55. The third-order valence-electron chi connectivity index (χ3n) is 3.02. The van der Waals surface area contributed by atoms with Crippen molar-refractivity contribution in [1.82, 2.24) is 10.6 Å². The summed E-state index contributed by atoms with van der Waals surface area (Å²) in [6, 6.07) is 8.07. The predicted molar refractivity (Wildman–Crippen MR) is 77.3 cm³/mol. The lowest BCUT2D eigenvalue weighted by molar-refractivity contribution is -0.127. The van der Waals surface area contributed by atoms with Crippen LogP contribution in [0.2, 0.25) is 0 Å². The van der Waals surface area contributed by atoms with Gasteiger partial charge in [0.2, 0.25) is 0 Å². The molecule has 2 atom stereocenters. The minimum absolute atomic E-state index is 0.0751. The van der Waals surface area contributed by atoms with Gasteiger partial charge < -0.3 is 15.4 Å². The summed E-state index contributed by atoms with van der Waals surface area (Å²) in [5.74, 6) is 0.646. The first-order chi connectivity index (χ1) is 9.08. The molecule has 1 amide bonds. The summed E-state index contributed by atoms with van der Waals surface area (Å²) in [4.78, 5) is 11.7. The minimum atomic E-state index is -0.480. The molecule has 2 N–H and O–H groups in total. The van der Waals surface area contributed by atoms with Crippen LogP contribution in [0.4, 0.5) is 0 Å². The lowest BCUT2D eigenvalue weighted by Gasteiger charge is -2.16. The molecule has 1 aromatic rings. The Kier molecular flexibility index (Phi) is 6.36. The van der Waals surface area contributed by atoms with Crippen molar-refractivity contribution in [3.05, 3.63) is 29.8 Å². The first-order valence-electron chi connectivity index (χ1n) is 6.80. The fraction of sp³-hybridized carbons (Fsp3) is 0.533. The van der Waals surface area contributed by atoms with Gasteiger partial charge in [0.25, 0.3) is 5.91 Å². The second-order valence-corrected chi connectivity index (χ2v) is 4.63. The second kappa shape index (κ2) is 7.79. The molecule has 0 aliphatic heterocycles. The zero-order valence-corrected chi connectivity index (χ0v) is 12.2. The summed E-state index contributed by atoms with van der Waals surface area (Å²) in [7, 11) is 1.92. The van der Waals surface area contributed by atoms with Gasteiger partial charge in [-0.1, -0.05) is 19.1 Å². The quantitative estimate of drug-likeness (QED) is 0.794. The van der Waals surface area contributed by atoms with E-state index in [9.17, 15) is 4.79 Å². The Balaban J connectivity index is 2.63. The number of ether oxygens (including phenoxy) is 1. The summed E-state index contributed by atoms with van der Waals surface area (Å²) in [5, 5.41) is 6.00. The van der Waals surface area contributed by atoms with Crippen molar-refractivity contribution in [2.24, 2.45) is 0 Å². The van der Waals surface area contributed by atoms with Crippen molar-refractivity contribution < 1.29 is 9.53 Å². The number of carbonyl (C=O) groups excluding carboxylic acids is 1. The molecule has 1 rings (SSSR count). The zero-order valence-electron chi connectivity index (χ0n) is 12.2. The molecule has 0 saturated carbocycles. The highest BCUT2D eigenvalue weighted by Crippen LogP contribution is 2.19. The highest BCUT2D eigenvalue weighted by atomic mass is 16.5. The zero-order chi connectivity index (χ0) is 14.3. The van der Waals surface area contributed by atoms with Crippen LogP contribution in [0.3, 0.4) is 0 Å².